The predicted octanol–water partition coefficient (Wildman–Crippen LogP) is 4.01. The number of aromatic amines is 1. The normalized spacial score (nSPS) is 25.4. The molecule has 3 atom stereocenters. The summed E-state index contributed by atoms with van der Waals surface area (Å²) in [6.07, 6.45) is 3.56. The van der Waals surface area contributed by atoms with Crippen LogP contribution in [0.3, 0.4) is 0 Å². The highest BCUT2D eigenvalue weighted by molar-refractivity contribution is 6.35. The van der Waals surface area contributed by atoms with Crippen LogP contribution >= 0.6 is 23.2 Å². The van der Waals surface area contributed by atoms with E-state index in [1.54, 1.807) is 25.6 Å². The van der Waals surface area contributed by atoms with E-state index in [4.69, 9.17) is 37.4 Å². The van der Waals surface area contributed by atoms with Crippen molar-refractivity contribution in [1.82, 2.24) is 15.3 Å². The van der Waals surface area contributed by atoms with Crippen molar-refractivity contribution in [3.05, 3.63) is 76.3 Å². The summed E-state index contributed by atoms with van der Waals surface area (Å²) < 4.78 is 18.7. The number of hydrogen-bond acceptors (Lipinski definition) is 6. The van der Waals surface area contributed by atoms with Crippen molar-refractivity contribution >= 4 is 28.9 Å². The number of methoxy groups -OCH3 is 1. The van der Waals surface area contributed by atoms with Crippen LogP contribution in [-0.2, 0) is 21.5 Å². The number of nitrogens with one attached hydrogen (secondary N) is 2. The average Bonchev–Trinajstić information content (AvgIpc) is 3.50. The Bertz CT molecular complexity index is 1100. The SMILES string of the molecule is COc1ccccc1N1CCNCC1C1(c2ccc(Cl)cc2Cl)COC(Cc2ncc[nH]2)O1. The number of benzene rings is 2. The summed E-state index contributed by atoms with van der Waals surface area (Å²) in [6, 6.07) is 13.5. The third kappa shape index (κ3) is 4.32. The molecule has 2 saturated heterocycles. The second-order valence-electron chi connectivity index (χ2n) is 8.20. The summed E-state index contributed by atoms with van der Waals surface area (Å²) in [5.41, 5.74) is 1.03. The number of H-pyrrole nitrogens is 1. The maximum absolute atomic E-state index is 6.76. The van der Waals surface area contributed by atoms with E-state index in [0.717, 1.165) is 35.9 Å². The second kappa shape index (κ2) is 9.52. The van der Waals surface area contributed by atoms with Crippen LogP contribution in [0.5, 0.6) is 5.75 Å². The van der Waals surface area contributed by atoms with Gasteiger partial charge in [0.05, 0.1) is 31.9 Å². The van der Waals surface area contributed by atoms with Crippen molar-refractivity contribution < 1.29 is 14.2 Å². The van der Waals surface area contributed by atoms with Gasteiger partial charge in [0, 0.05) is 47.6 Å². The van der Waals surface area contributed by atoms with Gasteiger partial charge in [0.15, 0.2) is 6.29 Å². The van der Waals surface area contributed by atoms with Gasteiger partial charge in [-0.3, -0.25) is 0 Å². The van der Waals surface area contributed by atoms with Gasteiger partial charge in [0.2, 0.25) is 0 Å². The Hall–Kier alpha value is -2.29. The molecule has 174 valence electrons. The lowest BCUT2D eigenvalue weighted by Crippen LogP contribution is -2.62. The largest absolute Gasteiger partial charge is 0.495 e. The first-order valence-electron chi connectivity index (χ1n) is 10.9. The lowest BCUT2D eigenvalue weighted by atomic mass is 9.84. The van der Waals surface area contributed by atoms with Gasteiger partial charge in [-0.25, -0.2) is 4.98 Å². The maximum atomic E-state index is 6.76. The summed E-state index contributed by atoms with van der Waals surface area (Å²) in [7, 11) is 1.69. The molecule has 0 spiro atoms. The number of piperazine rings is 1. The summed E-state index contributed by atoms with van der Waals surface area (Å²) in [6.45, 7) is 2.66. The van der Waals surface area contributed by atoms with E-state index in [1.807, 2.05) is 30.3 Å². The Balaban J connectivity index is 1.57. The predicted molar refractivity (Wildman–Crippen MR) is 128 cm³/mol. The van der Waals surface area contributed by atoms with E-state index in [0.29, 0.717) is 29.6 Å². The number of anilines is 1. The molecule has 33 heavy (non-hydrogen) atoms. The molecular weight excluding hydrogens is 463 g/mol. The van der Waals surface area contributed by atoms with Crippen molar-refractivity contribution in [1.29, 1.82) is 0 Å². The molecule has 9 heteroatoms. The van der Waals surface area contributed by atoms with Gasteiger partial charge in [-0.1, -0.05) is 41.4 Å². The third-order valence-electron chi connectivity index (χ3n) is 6.30. The fourth-order valence-electron chi connectivity index (χ4n) is 4.79. The number of imidazole rings is 1. The van der Waals surface area contributed by atoms with Gasteiger partial charge in [-0.2, -0.15) is 0 Å². The summed E-state index contributed by atoms with van der Waals surface area (Å²) in [5.74, 6) is 1.62. The molecule has 0 amide bonds. The molecular formula is C24H26Cl2N4O3. The van der Waals surface area contributed by atoms with Crippen LogP contribution in [0, 0.1) is 0 Å². The van der Waals surface area contributed by atoms with Gasteiger partial charge in [-0.15, -0.1) is 0 Å². The van der Waals surface area contributed by atoms with E-state index in [2.05, 4.69) is 26.3 Å². The molecule has 7 nitrogen and oxygen atoms in total. The van der Waals surface area contributed by atoms with Crippen molar-refractivity contribution in [3.8, 4) is 5.75 Å². The maximum Gasteiger partial charge on any atom is 0.166 e. The number of ether oxygens (including phenoxy) is 3. The Kier molecular flexibility index (Phi) is 6.49. The Morgan fingerprint density at radius 2 is 2.12 bits per heavy atom. The number of para-hydroxylation sites is 2. The number of aromatic nitrogens is 2. The topological polar surface area (TPSA) is 71.6 Å². The number of rotatable bonds is 6. The van der Waals surface area contributed by atoms with Gasteiger partial charge < -0.3 is 29.4 Å². The van der Waals surface area contributed by atoms with Crippen molar-refractivity contribution in [2.75, 3.05) is 38.3 Å². The van der Waals surface area contributed by atoms with Crippen molar-refractivity contribution in [2.45, 2.75) is 24.4 Å². The number of nitrogens with zero attached hydrogens (tertiary/aromatic N) is 2. The fraction of sp³-hybridized carbons (Fsp3) is 0.375. The van der Waals surface area contributed by atoms with E-state index in [1.165, 1.54) is 0 Å². The molecule has 0 aliphatic carbocycles. The van der Waals surface area contributed by atoms with Crippen LogP contribution in [-0.4, -0.2) is 55.7 Å². The molecule has 0 radical (unpaired) electrons. The Morgan fingerprint density at radius 1 is 1.24 bits per heavy atom. The summed E-state index contributed by atoms with van der Waals surface area (Å²) in [5, 5.41) is 4.66. The van der Waals surface area contributed by atoms with E-state index in [9.17, 15) is 0 Å². The van der Waals surface area contributed by atoms with Crippen LogP contribution in [0.1, 0.15) is 11.4 Å². The van der Waals surface area contributed by atoms with Gasteiger partial charge in [-0.05, 0) is 24.3 Å². The highest BCUT2D eigenvalue weighted by Crippen LogP contribution is 2.45. The number of hydrogen-bond donors (Lipinski definition) is 2. The molecule has 0 saturated carbocycles. The molecule has 2 N–H and O–H groups in total. The lowest BCUT2D eigenvalue weighted by molar-refractivity contribution is -0.101. The van der Waals surface area contributed by atoms with E-state index < -0.39 is 11.9 Å². The van der Waals surface area contributed by atoms with E-state index in [-0.39, 0.29) is 6.04 Å². The highest BCUT2D eigenvalue weighted by Gasteiger charge is 2.53. The zero-order chi connectivity index (χ0) is 22.8. The van der Waals surface area contributed by atoms with Gasteiger partial charge in [0.25, 0.3) is 0 Å². The van der Waals surface area contributed by atoms with Crippen LogP contribution in [0.15, 0.2) is 54.9 Å². The minimum Gasteiger partial charge on any atom is -0.495 e. The van der Waals surface area contributed by atoms with Crippen LogP contribution in [0.2, 0.25) is 10.0 Å². The zero-order valence-electron chi connectivity index (χ0n) is 18.3. The Morgan fingerprint density at radius 3 is 2.91 bits per heavy atom. The highest BCUT2D eigenvalue weighted by atomic mass is 35.5. The van der Waals surface area contributed by atoms with Gasteiger partial charge >= 0.3 is 0 Å². The van der Waals surface area contributed by atoms with E-state index >= 15 is 0 Å². The lowest BCUT2D eigenvalue weighted by Gasteiger charge is -2.47. The zero-order valence-corrected chi connectivity index (χ0v) is 19.8. The summed E-state index contributed by atoms with van der Waals surface area (Å²) in [4.78, 5) is 9.79. The molecule has 2 aliphatic heterocycles. The van der Waals surface area contributed by atoms with Gasteiger partial charge in [0.1, 0.15) is 17.2 Å². The summed E-state index contributed by atoms with van der Waals surface area (Å²) >= 11 is 13.0. The second-order valence-corrected chi connectivity index (χ2v) is 9.04. The monoisotopic (exact) mass is 488 g/mol. The molecule has 3 unspecified atom stereocenters. The minimum atomic E-state index is -0.826. The van der Waals surface area contributed by atoms with Crippen LogP contribution in [0.4, 0.5) is 5.69 Å². The molecule has 2 aliphatic rings. The quantitative estimate of drug-likeness (QED) is 0.545. The smallest absolute Gasteiger partial charge is 0.166 e. The first kappa shape index (κ1) is 22.5. The molecule has 0 bridgehead atoms. The number of halogens is 2. The molecule has 2 aromatic carbocycles. The molecule has 2 fully saturated rings. The Labute approximate surface area is 203 Å². The standard InChI is InChI=1S/C24H26Cl2N4O3/c1-31-20-5-3-2-4-19(20)30-11-10-27-14-21(30)24(17-7-6-16(25)12-18(17)26)15-32-23(33-24)13-22-28-8-9-29-22/h2-9,12,21,23,27H,10-11,13-15H2,1H3,(H,28,29). The molecule has 3 heterocycles. The average molecular weight is 489 g/mol. The fourth-order valence-corrected chi connectivity index (χ4v) is 5.36. The molecule has 1 aromatic heterocycles. The van der Waals surface area contributed by atoms with Crippen molar-refractivity contribution in [2.24, 2.45) is 0 Å². The molecule has 3 aromatic rings. The van der Waals surface area contributed by atoms with Crippen molar-refractivity contribution in [3.63, 3.8) is 0 Å². The molecule has 5 rings (SSSR count). The van der Waals surface area contributed by atoms with Crippen LogP contribution < -0.4 is 15.0 Å². The third-order valence-corrected chi connectivity index (χ3v) is 6.85. The first-order chi connectivity index (χ1) is 16.1. The minimum absolute atomic E-state index is 0.108. The van der Waals surface area contributed by atoms with Crippen LogP contribution in [0.25, 0.3) is 0 Å². The first-order valence-corrected chi connectivity index (χ1v) is 11.7.